The largest absolute Gasteiger partial charge is 0.510 e. The molecule has 0 fully saturated rings. The molecular formula is C35H31N7O9. The normalized spacial score (nSPS) is 11.6. The number of rotatable bonds is 14. The van der Waals surface area contributed by atoms with Crippen LogP contribution in [0.3, 0.4) is 0 Å². The summed E-state index contributed by atoms with van der Waals surface area (Å²) in [7, 11) is 0. The Hall–Kier alpha value is -6.84. The van der Waals surface area contributed by atoms with E-state index in [0.29, 0.717) is 52.7 Å². The van der Waals surface area contributed by atoms with Crippen LogP contribution in [0.5, 0.6) is 6.01 Å². The van der Waals surface area contributed by atoms with Crippen molar-refractivity contribution in [3.63, 3.8) is 0 Å². The highest BCUT2D eigenvalue weighted by Gasteiger charge is 2.21. The first-order valence-corrected chi connectivity index (χ1v) is 15.7. The summed E-state index contributed by atoms with van der Waals surface area (Å²) in [5.74, 6) is -0.754. The molecule has 0 aliphatic carbocycles. The average molecular weight is 694 g/mol. The number of carboxylic acids is 1. The Morgan fingerprint density at radius 3 is 2.33 bits per heavy atom. The molecule has 6 aromatic rings. The van der Waals surface area contributed by atoms with Crippen LogP contribution in [0.2, 0.25) is 0 Å². The predicted octanol–water partition coefficient (Wildman–Crippen LogP) is 6.08. The molecule has 0 amide bonds. The van der Waals surface area contributed by atoms with Crippen LogP contribution >= 0.6 is 0 Å². The highest BCUT2D eigenvalue weighted by Crippen LogP contribution is 2.31. The minimum absolute atomic E-state index is 0.136. The monoisotopic (exact) mass is 693 g/mol. The molecule has 0 radical (unpaired) electrons. The molecule has 16 nitrogen and oxygen atoms in total. The molecule has 0 saturated heterocycles. The fraction of sp³-hybridized carbons (Fsp3) is 0.200. The maximum absolute atomic E-state index is 12.5. The number of hydrogen-bond acceptors (Lipinski definition) is 12. The number of tetrazole rings is 1. The summed E-state index contributed by atoms with van der Waals surface area (Å²) in [6.45, 7) is 3.61. The Kier molecular flexibility index (Phi) is 10.1. The van der Waals surface area contributed by atoms with Crippen molar-refractivity contribution in [1.29, 1.82) is 0 Å². The van der Waals surface area contributed by atoms with Gasteiger partial charge in [0.05, 0.1) is 29.7 Å². The van der Waals surface area contributed by atoms with Gasteiger partial charge in [0.2, 0.25) is 12.1 Å². The zero-order valence-electron chi connectivity index (χ0n) is 27.4. The van der Waals surface area contributed by atoms with Crippen molar-refractivity contribution in [1.82, 2.24) is 29.8 Å². The molecule has 6 rings (SSSR count). The van der Waals surface area contributed by atoms with Gasteiger partial charge in [-0.3, -0.25) is 4.57 Å². The van der Waals surface area contributed by atoms with Crippen LogP contribution < -0.4 is 4.74 Å². The molecule has 0 aliphatic heterocycles. The highest BCUT2D eigenvalue weighted by molar-refractivity contribution is 6.01. The van der Waals surface area contributed by atoms with E-state index < -0.39 is 23.4 Å². The SMILES string of the molecule is CCOc1nc2cccc(C(=O)O)c2n1Cc1ccc(-c2ccccc2-c2nnn(C(C)OC(=O)OCc3ccccc3CO[N+](=O)[O-])n2)cc1. The summed E-state index contributed by atoms with van der Waals surface area (Å²) < 4.78 is 18.1. The van der Waals surface area contributed by atoms with E-state index in [1.165, 1.54) is 0 Å². The number of imidazole rings is 1. The van der Waals surface area contributed by atoms with E-state index in [9.17, 15) is 24.8 Å². The first kappa shape index (κ1) is 34.0. The molecule has 1 unspecified atom stereocenters. The summed E-state index contributed by atoms with van der Waals surface area (Å²) in [6.07, 6.45) is -1.97. The summed E-state index contributed by atoms with van der Waals surface area (Å²) in [6, 6.07) is 27.2. The molecule has 2 heterocycles. The Bertz CT molecular complexity index is 2200. The van der Waals surface area contributed by atoms with Gasteiger partial charge in [0.1, 0.15) is 13.2 Å². The second kappa shape index (κ2) is 15.1. The van der Waals surface area contributed by atoms with Crippen LogP contribution in [0.4, 0.5) is 4.79 Å². The lowest BCUT2D eigenvalue weighted by molar-refractivity contribution is -0.763. The van der Waals surface area contributed by atoms with Crippen LogP contribution in [0.25, 0.3) is 33.5 Å². The summed E-state index contributed by atoms with van der Waals surface area (Å²) in [4.78, 5) is 45.1. The Labute approximate surface area is 289 Å². The number of aromatic nitrogens is 6. The molecule has 1 atom stereocenters. The van der Waals surface area contributed by atoms with E-state index in [0.717, 1.165) is 21.5 Å². The molecule has 0 aliphatic rings. The zero-order chi connectivity index (χ0) is 35.9. The van der Waals surface area contributed by atoms with E-state index in [2.05, 4.69) is 25.2 Å². The molecule has 16 heteroatoms. The van der Waals surface area contributed by atoms with Gasteiger partial charge in [-0.1, -0.05) is 78.9 Å². The van der Waals surface area contributed by atoms with E-state index in [-0.39, 0.29) is 18.8 Å². The van der Waals surface area contributed by atoms with E-state index >= 15 is 0 Å². The summed E-state index contributed by atoms with van der Waals surface area (Å²) in [5.41, 5.74) is 5.44. The molecule has 1 N–H and O–H groups in total. The third-order valence-corrected chi connectivity index (χ3v) is 7.82. The van der Waals surface area contributed by atoms with Crippen molar-refractivity contribution in [2.45, 2.75) is 39.8 Å². The maximum Gasteiger partial charge on any atom is 0.510 e. The zero-order valence-corrected chi connectivity index (χ0v) is 27.4. The Morgan fingerprint density at radius 1 is 0.922 bits per heavy atom. The predicted molar refractivity (Wildman–Crippen MR) is 180 cm³/mol. The number of hydrogen-bond donors (Lipinski definition) is 1. The molecular weight excluding hydrogens is 662 g/mol. The van der Waals surface area contributed by atoms with Gasteiger partial charge < -0.3 is 24.2 Å². The van der Waals surface area contributed by atoms with E-state index in [1.807, 2.05) is 55.5 Å². The third kappa shape index (κ3) is 7.75. The van der Waals surface area contributed by atoms with Crippen LogP contribution in [-0.4, -0.2) is 58.7 Å². The quantitative estimate of drug-likeness (QED) is 0.0783. The molecule has 51 heavy (non-hydrogen) atoms. The van der Waals surface area contributed by atoms with Crippen LogP contribution in [-0.2, 0) is 34.1 Å². The number of benzene rings is 4. The summed E-state index contributed by atoms with van der Waals surface area (Å²) in [5, 5.41) is 32.2. The van der Waals surface area contributed by atoms with Gasteiger partial charge in [-0.05, 0) is 59.0 Å². The van der Waals surface area contributed by atoms with Gasteiger partial charge in [0, 0.05) is 5.56 Å². The lowest BCUT2D eigenvalue weighted by Crippen LogP contribution is -2.18. The van der Waals surface area contributed by atoms with Gasteiger partial charge in [0.25, 0.3) is 11.1 Å². The molecule has 260 valence electrons. The fourth-order valence-electron chi connectivity index (χ4n) is 5.43. The minimum atomic E-state index is -1.05. The van der Waals surface area contributed by atoms with E-state index in [4.69, 9.17) is 14.2 Å². The van der Waals surface area contributed by atoms with Crippen LogP contribution in [0.15, 0.2) is 91.0 Å². The number of para-hydroxylation sites is 1. The molecule has 4 aromatic carbocycles. The molecule has 0 bridgehead atoms. The van der Waals surface area contributed by atoms with Gasteiger partial charge in [-0.2, -0.15) is 4.98 Å². The van der Waals surface area contributed by atoms with Crippen molar-refractivity contribution in [2.24, 2.45) is 0 Å². The third-order valence-electron chi connectivity index (χ3n) is 7.82. The van der Waals surface area contributed by atoms with E-state index in [1.54, 1.807) is 54.0 Å². The van der Waals surface area contributed by atoms with Crippen molar-refractivity contribution < 1.29 is 38.8 Å². The number of fused-ring (bicyclic) bond motifs is 1. The Morgan fingerprint density at radius 2 is 1.63 bits per heavy atom. The number of aromatic carboxylic acids is 1. The number of carboxylic acid groups (broad SMARTS) is 1. The van der Waals surface area contributed by atoms with Gasteiger partial charge >= 0.3 is 12.1 Å². The topological polar surface area (TPSA) is 196 Å². The van der Waals surface area contributed by atoms with Crippen LogP contribution in [0, 0.1) is 10.1 Å². The van der Waals surface area contributed by atoms with Gasteiger partial charge in [-0.25, -0.2) is 9.59 Å². The first-order chi connectivity index (χ1) is 24.7. The average Bonchev–Trinajstić information content (AvgIpc) is 3.76. The van der Waals surface area contributed by atoms with Crippen molar-refractivity contribution in [3.8, 4) is 28.5 Å². The lowest BCUT2D eigenvalue weighted by atomic mass is 9.98. The smallest absolute Gasteiger partial charge is 0.478 e. The standard InChI is InChI=1S/C35H31N7O9/c1-3-48-34-36-30-14-8-13-29(33(43)44)31(30)40(34)19-23-15-17-24(18-16-23)27-11-6-7-12-28(27)32-37-39-41(38-32)22(2)51-35(45)49-20-25-9-4-5-10-26(25)21-50-42(46)47/h4-18,22H,3,19-21H2,1-2H3,(H,43,44). The van der Waals surface area contributed by atoms with Gasteiger partial charge in [0.15, 0.2) is 0 Å². The highest BCUT2D eigenvalue weighted by atomic mass is 16.9. The van der Waals surface area contributed by atoms with Gasteiger partial charge in [-0.15, -0.1) is 25.1 Å². The minimum Gasteiger partial charge on any atom is -0.478 e. The Balaban J connectivity index is 1.15. The van der Waals surface area contributed by atoms with Crippen molar-refractivity contribution in [3.05, 3.63) is 123 Å². The molecule has 2 aromatic heterocycles. The first-order valence-electron chi connectivity index (χ1n) is 15.7. The fourth-order valence-corrected chi connectivity index (χ4v) is 5.43. The summed E-state index contributed by atoms with van der Waals surface area (Å²) >= 11 is 0. The van der Waals surface area contributed by atoms with Crippen molar-refractivity contribution >= 4 is 23.2 Å². The lowest BCUT2D eigenvalue weighted by Gasteiger charge is -2.13. The second-order valence-electron chi connectivity index (χ2n) is 11.1. The molecule has 0 saturated carbocycles. The number of ether oxygens (including phenoxy) is 3. The number of carbonyl (C=O) groups is 2. The number of carbonyl (C=O) groups excluding carboxylic acids is 1. The molecule has 0 spiro atoms. The maximum atomic E-state index is 12.5. The van der Waals surface area contributed by atoms with Crippen LogP contribution in [0.1, 0.15) is 47.1 Å². The van der Waals surface area contributed by atoms with Crippen molar-refractivity contribution in [2.75, 3.05) is 6.61 Å². The second-order valence-corrected chi connectivity index (χ2v) is 11.1. The number of nitrogens with zero attached hydrogens (tertiary/aromatic N) is 7.